The molecule has 107 valence electrons. The molecule has 0 saturated carbocycles. The van der Waals surface area contributed by atoms with Crippen molar-refractivity contribution in [2.45, 2.75) is 0 Å². The Balaban J connectivity index is 1.84. The van der Waals surface area contributed by atoms with E-state index in [1.165, 1.54) is 36.5 Å². The maximum atomic E-state index is 3.67. The summed E-state index contributed by atoms with van der Waals surface area (Å²) >= 11 is 1.84. The predicted molar refractivity (Wildman–Crippen MR) is 101 cm³/mol. The second-order valence-corrected chi connectivity index (χ2v) is 6.82. The normalized spacial score (nSPS) is 11.5. The summed E-state index contributed by atoms with van der Waals surface area (Å²) in [5.74, 6) is 0. The predicted octanol–water partition coefficient (Wildman–Crippen LogP) is 6.67. The van der Waals surface area contributed by atoms with Crippen LogP contribution in [0.1, 0.15) is 0 Å². The van der Waals surface area contributed by atoms with E-state index in [0.717, 1.165) is 5.56 Å². The second kappa shape index (κ2) is 4.94. The van der Waals surface area contributed by atoms with Crippen LogP contribution in [0.25, 0.3) is 42.1 Å². The van der Waals surface area contributed by atoms with Gasteiger partial charge in [0, 0.05) is 26.2 Å². The SMILES string of the molecule is [c]1c(-c2cccc3ccccc23)ccc2sc3ccccc3c12. The van der Waals surface area contributed by atoms with E-state index in [9.17, 15) is 0 Å². The molecular weight excluding hydrogens is 296 g/mol. The van der Waals surface area contributed by atoms with Crippen LogP contribution < -0.4 is 0 Å². The minimum absolute atomic E-state index is 1.16. The fourth-order valence-electron chi connectivity index (χ4n) is 3.26. The van der Waals surface area contributed by atoms with Gasteiger partial charge in [-0.3, -0.25) is 0 Å². The molecular formula is C22H13S. The van der Waals surface area contributed by atoms with Crippen LogP contribution in [-0.2, 0) is 0 Å². The molecule has 0 aliphatic heterocycles. The summed E-state index contributed by atoms with van der Waals surface area (Å²) < 4.78 is 2.63. The van der Waals surface area contributed by atoms with Gasteiger partial charge in [-0.15, -0.1) is 11.3 Å². The zero-order valence-corrected chi connectivity index (χ0v) is 13.2. The van der Waals surface area contributed by atoms with Gasteiger partial charge in [0.15, 0.2) is 0 Å². The largest absolute Gasteiger partial charge is 0.135 e. The van der Waals surface area contributed by atoms with Gasteiger partial charge in [-0.1, -0.05) is 66.7 Å². The third-order valence-electron chi connectivity index (χ3n) is 4.36. The Kier molecular flexibility index (Phi) is 2.76. The summed E-state index contributed by atoms with van der Waals surface area (Å²) in [6.45, 7) is 0. The van der Waals surface area contributed by atoms with E-state index in [-0.39, 0.29) is 0 Å². The molecule has 0 aliphatic rings. The van der Waals surface area contributed by atoms with E-state index >= 15 is 0 Å². The molecule has 4 aromatic carbocycles. The fraction of sp³-hybridized carbons (Fsp3) is 0. The maximum absolute atomic E-state index is 3.67. The molecule has 0 spiro atoms. The van der Waals surface area contributed by atoms with Crippen molar-refractivity contribution in [3.8, 4) is 11.1 Å². The first-order chi connectivity index (χ1) is 11.4. The standard InChI is InChI=1S/C22H13S/c1-2-8-17-15(6-1)7-5-10-18(17)16-12-13-22-20(14-16)19-9-3-4-11-21(19)23-22/h1-13H. The summed E-state index contributed by atoms with van der Waals surface area (Å²) in [7, 11) is 0. The molecule has 1 radical (unpaired) electrons. The van der Waals surface area contributed by atoms with E-state index in [4.69, 9.17) is 0 Å². The first kappa shape index (κ1) is 12.9. The van der Waals surface area contributed by atoms with Crippen molar-refractivity contribution in [1.82, 2.24) is 0 Å². The maximum Gasteiger partial charge on any atom is 0.0362 e. The minimum atomic E-state index is 1.16. The van der Waals surface area contributed by atoms with Gasteiger partial charge in [0.05, 0.1) is 0 Å². The topological polar surface area (TPSA) is 0 Å². The van der Waals surface area contributed by atoms with Crippen molar-refractivity contribution < 1.29 is 0 Å². The number of rotatable bonds is 1. The van der Waals surface area contributed by atoms with Crippen molar-refractivity contribution in [2.75, 3.05) is 0 Å². The lowest BCUT2D eigenvalue weighted by Crippen LogP contribution is -1.81. The highest BCUT2D eigenvalue weighted by Crippen LogP contribution is 2.37. The molecule has 0 atom stereocenters. The lowest BCUT2D eigenvalue weighted by atomic mass is 9.97. The van der Waals surface area contributed by atoms with Crippen molar-refractivity contribution in [3.05, 3.63) is 84.9 Å². The van der Waals surface area contributed by atoms with Gasteiger partial charge in [-0.25, -0.2) is 0 Å². The molecule has 0 saturated heterocycles. The first-order valence-corrected chi connectivity index (χ1v) is 8.53. The van der Waals surface area contributed by atoms with E-state index in [1.807, 2.05) is 11.3 Å². The quantitative estimate of drug-likeness (QED) is 0.324. The Bertz CT molecular complexity index is 1160. The molecule has 23 heavy (non-hydrogen) atoms. The molecule has 0 fully saturated rings. The molecule has 0 nitrogen and oxygen atoms in total. The van der Waals surface area contributed by atoms with E-state index < -0.39 is 0 Å². The summed E-state index contributed by atoms with van der Waals surface area (Å²) in [4.78, 5) is 0. The molecule has 1 aromatic heterocycles. The average molecular weight is 309 g/mol. The Morgan fingerprint density at radius 3 is 2.35 bits per heavy atom. The van der Waals surface area contributed by atoms with Gasteiger partial charge >= 0.3 is 0 Å². The molecule has 5 rings (SSSR count). The summed E-state index contributed by atoms with van der Waals surface area (Å²) in [6.07, 6.45) is 0. The number of fused-ring (bicyclic) bond motifs is 4. The van der Waals surface area contributed by atoms with Gasteiger partial charge in [0.25, 0.3) is 0 Å². The molecule has 0 unspecified atom stereocenters. The number of thiophene rings is 1. The highest BCUT2D eigenvalue weighted by Gasteiger charge is 2.08. The van der Waals surface area contributed by atoms with Crippen molar-refractivity contribution >= 4 is 42.3 Å². The van der Waals surface area contributed by atoms with Crippen LogP contribution in [0.4, 0.5) is 0 Å². The van der Waals surface area contributed by atoms with Crippen LogP contribution in [0.5, 0.6) is 0 Å². The van der Waals surface area contributed by atoms with E-state index in [2.05, 4.69) is 84.9 Å². The molecule has 0 amide bonds. The van der Waals surface area contributed by atoms with Crippen LogP contribution in [0, 0.1) is 6.07 Å². The Hall–Kier alpha value is -2.64. The molecule has 1 heteroatoms. The monoisotopic (exact) mass is 309 g/mol. The highest BCUT2D eigenvalue weighted by atomic mass is 32.1. The third-order valence-corrected chi connectivity index (χ3v) is 5.50. The van der Waals surface area contributed by atoms with Gasteiger partial charge in [-0.2, -0.15) is 0 Å². The Morgan fingerprint density at radius 2 is 1.39 bits per heavy atom. The molecule has 1 heterocycles. The van der Waals surface area contributed by atoms with Crippen LogP contribution in [0.15, 0.2) is 78.9 Å². The lowest BCUT2D eigenvalue weighted by molar-refractivity contribution is 1.69. The van der Waals surface area contributed by atoms with Crippen LogP contribution >= 0.6 is 11.3 Å². The number of hydrogen-bond donors (Lipinski definition) is 0. The molecule has 5 aromatic rings. The van der Waals surface area contributed by atoms with E-state index in [0.29, 0.717) is 0 Å². The Morgan fingerprint density at radius 1 is 0.609 bits per heavy atom. The zero-order chi connectivity index (χ0) is 15.2. The fourth-order valence-corrected chi connectivity index (χ4v) is 4.33. The van der Waals surface area contributed by atoms with E-state index in [1.54, 1.807) is 0 Å². The molecule has 0 bridgehead atoms. The number of hydrogen-bond acceptors (Lipinski definition) is 1. The van der Waals surface area contributed by atoms with Crippen LogP contribution in [0.2, 0.25) is 0 Å². The summed E-state index contributed by atoms with van der Waals surface area (Å²) in [5.41, 5.74) is 2.41. The summed E-state index contributed by atoms with van der Waals surface area (Å²) in [5, 5.41) is 5.09. The van der Waals surface area contributed by atoms with Crippen molar-refractivity contribution in [3.63, 3.8) is 0 Å². The van der Waals surface area contributed by atoms with Crippen molar-refractivity contribution in [2.24, 2.45) is 0 Å². The van der Waals surface area contributed by atoms with Gasteiger partial charge in [-0.05, 0) is 34.0 Å². The lowest BCUT2D eigenvalue weighted by Gasteiger charge is -2.07. The minimum Gasteiger partial charge on any atom is -0.135 e. The third kappa shape index (κ3) is 1.97. The van der Waals surface area contributed by atoms with Crippen LogP contribution in [0.3, 0.4) is 0 Å². The van der Waals surface area contributed by atoms with Crippen molar-refractivity contribution in [1.29, 1.82) is 0 Å². The molecule has 0 N–H and O–H groups in total. The summed E-state index contributed by atoms with van der Waals surface area (Å²) in [6, 6.07) is 31.7. The number of benzene rings is 4. The van der Waals surface area contributed by atoms with Gasteiger partial charge in [0.1, 0.15) is 0 Å². The average Bonchev–Trinajstić information content (AvgIpc) is 2.99. The Labute approximate surface area is 138 Å². The smallest absolute Gasteiger partial charge is 0.0362 e. The van der Waals surface area contributed by atoms with Crippen LogP contribution in [-0.4, -0.2) is 0 Å². The van der Waals surface area contributed by atoms with Gasteiger partial charge in [0.2, 0.25) is 0 Å². The highest BCUT2D eigenvalue weighted by molar-refractivity contribution is 7.25. The zero-order valence-electron chi connectivity index (χ0n) is 12.4. The van der Waals surface area contributed by atoms with Gasteiger partial charge < -0.3 is 0 Å². The first-order valence-electron chi connectivity index (χ1n) is 7.72. The second-order valence-electron chi connectivity index (χ2n) is 5.74. The molecule has 0 aliphatic carbocycles.